The van der Waals surface area contributed by atoms with Crippen LogP contribution in [-0.4, -0.2) is 15.9 Å². The number of hydrazone groups is 1. The topological polar surface area (TPSA) is 50.2 Å². The molecule has 0 atom stereocenters. The van der Waals surface area contributed by atoms with Crippen LogP contribution in [-0.2, 0) is 0 Å². The van der Waals surface area contributed by atoms with E-state index in [1.54, 1.807) is 12.1 Å². The van der Waals surface area contributed by atoms with E-state index in [0.717, 1.165) is 17.7 Å². The molecule has 4 nitrogen and oxygen atoms in total. The Morgan fingerprint density at radius 1 is 1.21 bits per heavy atom. The zero-order chi connectivity index (χ0) is 13.7. The van der Waals surface area contributed by atoms with E-state index in [1.165, 1.54) is 0 Å². The van der Waals surface area contributed by atoms with Crippen molar-refractivity contribution in [3.63, 3.8) is 0 Å². The van der Waals surface area contributed by atoms with Gasteiger partial charge in [0.2, 0.25) is 0 Å². The first-order chi connectivity index (χ1) is 9.19. The van der Waals surface area contributed by atoms with Gasteiger partial charge in [-0.2, -0.15) is 5.10 Å². The molecule has 6 heteroatoms. The monoisotopic (exact) mass is 294 g/mol. The maximum atomic E-state index is 5.97. The molecule has 0 fully saturated rings. The van der Waals surface area contributed by atoms with Crippen LogP contribution in [0.2, 0.25) is 10.2 Å². The van der Waals surface area contributed by atoms with Crippen LogP contribution in [0.3, 0.4) is 0 Å². The summed E-state index contributed by atoms with van der Waals surface area (Å²) in [6.07, 6.45) is 0.772. The molecule has 0 aliphatic rings. The van der Waals surface area contributed by atoms with E-state index in [0.29, 0.717) is 16.0 Å². The Morgan fingerprint density at radius 3 is 2.68 bits per heavy atom. The molecule has 0 aliphatic carbocycles. The smallest absolute Gasteiger partial charge is 0.168 e. The SMILES string of the molecule is CC/C(=N/Nc1ccc(Cl)nn1)c1cccc(Cl)c1. The second-order valence-corrected chi connectivity index (χ2v) is 4.60. The largest absolute Gasteiger partial charge is 0.260 e. The van der Waals surface area contributed by atoms with Gasteiger partial charge in [-0.3, -0.25) is 5.43 Å². The Hall–Kier alpha value is -1.65. The summed E-state index contributed by atoms with van der Waals surface area (Å²) in [6.45, 7) is 2.02. The van der Waals surface area contributed by atoms with Crippen molar-refractivity contribution < 1.29 is 0 Å². The van der Waals surface area contributed by atoms with Crippen molar-refractivity contribution in [3.8, 4) is 0 Å². The summed E-state index contributed by atoms with van der Waals surface area (Å²) in [5.41, 5.74) is 4.72. The first-order valence-electron chi connectivity index (χ1n) is 5.77. The van der Waals surface area contributed by atoms with Crippen LogP contribution in [0, 0.1) is 0 Å². The van der Waals surface area contributed by atoms with Gasteiger partial charge in [0.15, 0.2) is 11.0 Å². The van der Waals surface area contributed by atoms with Gasteiger partial charge in [0, 0.05) is 5.02 Å². The van der Waals surface area contributed by atoms with Gasteiger partial charge < -0.3 is 0 Å². The highest BCUT2D eigenvalue weighted by molar-refractivity contribution is 6.31. The minimum Gasteiger partial charge on any atom is -0.260 e. The third-order valence-electron chi connectivity index (χ3n) is 2.43. The van der Waals surface area contributed by atoms with Crippen molar-refractivity contribution in [2.75, 3.05) is 5.43 Å². The van der Waals surface area contributed by atoms with Crippen LogP contribution >= 0.6 is 23.2 Å². The van der Waals surface area contributed by atoms with Crippen molar-refractivity contribution in [1.29, 1.82) is 0 Å². The quantitative estimate of drug-likeness (QED) is 0.685. The molecule has 0 aliphatic heterocycles. The maximum absolute atomic E-state index is 5.97. The molecule has 0 saturated heterocycles. The molecule has 1 N–H and O–H groups in total. The zero-order valence-electron chi connectivity index (χ0n) is 10.3. The number of benzene rings is 1. The maximum Gasteiger partial charge on any atom is 0.168 e. The van der Waals surface area contributed by atoms with Gasteiger partial charge in [0.1, 0.15) is 0 Å². The van der Waals surface area contributed by atoms with E-state index < -0.39 is 0 Å². The lowest BCUT2D eigenvalue weighted by atomic mass is 10.1. The van der Waals surface area contributed by atoms with Gasteiger partial charge in [-0.1, -0.05) is 42.3 Å². The summed E-state index contributed by atoms with van der Waals surface area (Å²) >= 11 is 11.6. The fraction of sp³-hybridized carbons (Fsp3) is 0.154. The van der Waals surface area contributed by atoms with E-state index in [1.807, 2.05) is 31.2 Å². The number of rotatable bonds is 4. The molecule has 1 aromatic carbocycles. The summed E-state index contributed by atoms with van der Waals surface area (Å²) in [5, 5.41) is 13.0. The molecule has 1 aromatic heterocycles. The van der Waals surface area contributed by atoms with E-state index >= 15 is 0 Å². The normalized spacial score (nSPS) is 11.4. The van der Waals surface area contributed by atoms with Crippen LogP contribution < -0.4 is 5.43 Å². The third kappa shape index (κ3) is 3.91. The lowest BCUT2D eigenvalue weighted by Gasteiger charge is -2.05. The number of halogens is 2. The Bertz CT molecular complexity index is 581. The molecule has 0 amide bonds. The van der Waals surface area contributed by atoms with Crippen LogP contribution in [0.5, 0.6) is 0 Å². The molecule has 2 rings (SSSR count). The molecule has 0 bridgehead atoms. The molecule has 0 unspecified atom stereocenters. The van der Waals surface area contributed by atoms with E-state index in [-0.39, 0.29) is 0 Å². The molecular weight excluding hydrogens is 283 g/mol. The van der Waals surface area contributed by atoms with Crippen LogP contribution in [0.4, 0.5) is 5.82 Å². The summed E-state index contributed by atoms with van der Waals surface area (Å²) in [7, 11) is 0. The molecular formula is C13H12Cl2N4. The Labute approximate surface area is 121 Å². The highest BCUT2D eigenvalue weighted by Gasteiger charge is 2.02. The van der Waals surface area contributed by atoms with Crippen molar-refractivity contribution in [3.05, 3.63) is 52.1 Å². The molecule has 0 spiro atoms. The first-order valence-corrected chi connectivity index (χ1v) is 6.52. The second-order valence-electron chi connectivity index (χ2n) is 3.78. The molecule has 0 radical (unpaired) electrons. The molecule has 98 valence electrons. The number of nitrogens with one attached hydrogen (secondary N) is 1. The van der Waals surface area contributed by atoms with Crippen LogP contribution in [0.1, 0.15) is 18.9 Å². The highest BCUT2D eigenvalue weighted by Crippen LogP contribution is 2.13. The van der Waals surface area contributed by atoms with Gasteiger partial charge >= 0.3 is 0 Å². The second kappa shape index (κ2) is 6.50. The first kappa shape index (κ1) is 13.8. The van der Waals surface area contributed by atoms with Crippen molar-refractivity contribution in [2.45, 2.75) is 13.3 Å². The summed E-state index contributed by atoms with van der Waals surface area (Å²) in [6, 6.07) is 10.9. The van der Waals surface area contributed by atoms with Gasteiger partial charge in [-0.25, -0.2) is 0 Å². The molecule has 1 heterocycles. The predicted molar refractivity (Wildman–Crippen MR) is 78.9 cm³/mol. The Balaban J connectivity index is 2.17. The predicted octanol–water partition coefficient (Wildman–Crippen LogP) is 4.01. The lowest BCUT2D eigenvalue weighted by molar-refractivity contribution is 1.02. The summed E-state index contributed by atoms with van der Waals surface area (Å²) < 4.78 is 0. The summed E-state index contributed by atoms with van der Waals surface area (Å²) in [5.74, 6) is 0.539. The van der Waals surface area contributed by atoms with Crippen LogP contribution in [0.15, 0.2) is 41.5 Å². The zero-order valence-corrected chi connectivity index (χ0v) is 11.8. The standard InChI is InChI=1S/C13H12Cl2N4/c1-2-11(9-4-3-5-10(14)8-9)16-18-13-7-6-12(15)17-19-13/h3-8H,2H2,1H3,(H,18,19)/b16-11-. The Morgan fingerprint density at radius 2 is 2.05 bits per heavy atom. The Kier molecular flexibility index (Phi) is 4.71. The fourth-order valence-corrected chi connectivity index (χ4v) is 1.81. The minimum atomic E-state index is 0.347. The number of anilines is 1. The third-order valence-corrected chi connectivity index (χ3v) is 2.87. The number of hydrogen-bond acceptors (Lipinski definition) is 4. The van der Waals surface area contributed by atoms with Crippen molar-refractivity contribution in [1.82, 2.24) is 10.2 Å². The average molecular weight is 295 g/mol. The van der Waals surface area contributed by atoms with Gasteiger partial charge in [-0.05, 0) is 36.2 Å². The fourth-order valence-electron chi connectivity index (χ4n) is 1.52. The van der Waals surface area contributed by atoms with Crippen molar-refractivity contribution >= 4 is 34.7 Å². The molecule has 2 aromatic rings. The van der Waals surface area contributed by atoms with E-state index in [4.69, 9.17) is 23.2 Å². The highest BCUT2D eigenvalue weighted by atomic mass is 35.5. The van der Waals surface area contributed by atoms with Gasteiger partial charge in [-0.15, -0.1) is 10.2 Å². The average Bonchev–Trinajstić information content (AvgIpc) is 2.42. The van der Waals surface area contributed by atoms with E-state index in [2.05, 4.69) is 20.7 Å². The molecule has 0 saturated carbocycles. The number of aromatic nitrogens is 2. The van der Waals surface area contributed by atoms with Crippen LogP contribution in [0.25, 0.3) is 0 Å². The summed E-state index contributed by atoms with van der Waals surface area (Å²) in [4.78, 5) is 0. The van der Waals surface area contributed by atoms with Gasteiger partial charge in [0.25, 0.3) is 0 Å². The van der Waals surface area contributed by atoms with E-state index in [9.17, 15) is 0 Å². The van der Waals surface area contributed by atoms with Gasteiger partial charge in [0.05, 0.1) is 5.71 Å². The number of hydrogen-bond donors (Lipinski definition) is 1. The molecule has 19 heavy (non-hydrogen) atoms. The minimum absolute atomic E-state index is 0.347. The number of nitrogens with zero attached hydrogens (tertiary/aromatic N) is 3. The lowest BCUT2D eigenvalue weighted by Crippen LogP contribution is -2.04. The van der Waals surface area contributed by atoms with Crippen molar-refractivity contribution in [2.24, 2.45) is 5.10 Å².